The first-order valence-electron chi connectivity index (χ1n) is 13.8. The second kappa shape index (κ2) is 11.2. The Morgan fingerprint density at radius 3 is 2.21 bits per heavy atom. The summed E-state index contributed by atoms with van der Waals surface area (Å²) in [5.74, 6) is -0.453. The van der Waals surface area contributed by atoms with Crippen LogP contribution < -0.4 is 16.0 Å². The molecule has 2 saturated carbocycles. The molecule has 3 aliphatic rings. The molecule has 0 bridgehead atoms. The number of alkyl carbamates (subject to hydrolysis) is 1. The highest BCUT2D eigenvalue weighted by molar-refractivity contribution is 5.93. The lowest BCUT2D eigenvalue weighted by atomic mass is 9.85. The van der Waals surface area contributed by atoms with Crippen molar-refractivity contribution in [2.45, 2.75) is 97.6 Å². The van der Waals surface area contributed by atoms with E-state index in [0.717, 1.165) is 6.42 Å². The zero-order valence-corrected chi connectivity index (χ0v) is 23.9. The Morgan fingerprint density at radius 2 is 1.74 bits per heavy atom. The highest BCUT2D eigenvalue weighted by atomic mass is 16.6. The molecule has 38 heavy (non-hydrogen) atoms. The Kier molecular flexibility index (Phi) is 8.85. The highest BCUT2D eigenvalue weighted by Gasteiger charge is 2.68. The van der Waals surface area contributed by atoms with Crippen molar-refractivity contribution in [2.75, 3.05) is 13.1 Å². The zero-order valence-electron chi connectivity index (χ0n) is 23.9. The van der Waals surface area contributed by atoms with E-state index in [4.69, 9.17) is 4.74 Å². The van der Waals surface area contributed by atoms with Crippen LogP contribution >= 0.6 is 0 Å². The molecule has 1 saturated heterocycles. The van der Waals surface area contributed by atoms with E-state index in [1.54, 1.807) is 25.7 Å². The molecular weight excluding hydrogens is 488 g/mol. The maximum Gasteiger partial charge on any atom is 0.408 e. The topological polar surface area (TPSA) is 137 Å². The number of nitrogens with one attached hydrogen (secondary N) is 3. The van der Waals surface area contributed by atoms with Crippen molar-refractivity contribution in [1.82, 2.24) is 20.9 Å². The van der Waals surface area contributed by atoms with E-state index in [-0.39, 0.29) is 30.2 Å². The lowest BCUT2D eigenvalue weighted by Gasteiger charge is -2.37. The third-order valence-corrected chi connectivity index (χ3v) is 7.87. The van der Waals surface area contributed by atoms with Crippen LogP contribution in [-0.4, -0.2) is 76.7 Å². The Balaban J connectivity index is 1.79. The largest absolute Gasteiger partial charge is 0.444 e. The number of fused-ring (bicyclic) bond motifs is 1. The molecule has 10 heteroatoms. The number of rotatable bonds is 10. The summed E-state index contributed by atoms with van der Waals surface area (Å²) < 4.78 is 5.40. The number of likely N-dealkylation sites (tertiary alicyclic amines) is 1. The molecule has 0 radical (unpaired) electrons. The molecule has 4 amide bonds. The molecule has 4 N–H and O–H groups in total. The molecule has 0 aromatic heterocycles. The number of hydrogen-bond acceptors (Lipinski definition) is 6. The molecule has 214 valence electrons. The van der Waals surface area contributed by atoms with Gasteiger partial charge in [-0.05, 0) is 62.7 Å². The van der Waals surface area contributed by atoms with Crippen LogP contribution in [0.4, 0.5) is 4.79 Å². The van der Waals surface area contributed by atoms with Crippen LogP contribution in [0, 0.1) is 29.1 Å². The van der Waals surface area contributed by atoms with Crippen molar-refractivity contribution < 1.29 is 29.0 Å². The van der Waals surface area contributed by atoms with E-state index in [1.807, 2.05) is 27.7 Å². The van der Waals surface area contributed by atoms with Crippen LogP contribution in [0.15, 0.2) is 12.7 Å². The van der Waals surface area contributed by atoms with Gasteiger partial charge in [0.2, 0.25) is 11.8 Å². The number of hydrogen-bond donors (Lipinski definition) is 4. The van der Waals surface area contributed by atoms with Gasteiger partial charge < -0.3 is 30.7 Å². The summed E-state index contributed by atoms with van der Waals surface area (Å²) in [4.78, 5) is 54.3. The van der Waals surface area contributed by atoms with E-state index >= 15 is 0 Å². The number of ether oxygens (including phenoxy) is 1. The van der Waals surface area contributed by atoms with E-state index in [2.05, 4.69) is 22.5 Å². The van der Waals surface area contributed by atoms with Gasteiger partial charge in [-0.25, -0.2) is 4.79 Å². The predicted molar refractivity (Wildman–Crippen MR) is 143 cm³/mol. The third-order valence-electron chi connectivity index (χ3n) is 7.87. The maximum absolute atomic E-state index is 13.9. The van der Waals surface area contributed by atoms with Gasteiger partial charge in [0.05, 0.1) is 6.04 Å². The monoisotopic (exact) mass is 534 g/mol. The van der Waals surface area contributed by atoms with Gasteiger partial charge in [-0.1, -0.05) is 40.2 Å². The van der Waals surface area contributed by atoms with E-state index in [1.165, 1.54) is 6.08 Å². The standard InChI is InChI=1S/C28H46N4O6/c1-9-12-29-24(35)21(33)19(18-16-14-17(16)18)30-23(34)20-15(10-2)11-13-32(20)25(36)22(27(3,4)5)31-26(37)38-28(6,7)8/h9,15-22,33H,1,10-14H2,2-8H3,(H,29,35)(H,30,34)(H,31,37). The molecule has 3 rings (SSSR count). The van der Waals surface area contributed by atoms with Gasteiger partial charge in [-0.2, -0.15) is 0 Å². The van der Waals surface area contributed by atoms with Crippen LogP contribution in [0.5, 0.6) is 0 Å². The Hall–Kier alpha value is -2.62. The second-order valence-corrected chi connectivity index (χ2v) is 13.0. The van der Waals surface area contributed by atoms with Crippen LogP contribution in [0.25, 0.3) is 0 Å². The van der Waals surface area contributed by atoms with Crippen molar-refractivity contribution >= 4 is 23.8 Å². The summed E-state index contributed by atoms with van der Waals surface area (Å²) in [6.45, 7) is 16.9. The first-order chi connectivity index (χ1) is 17.6. The van der Waals surface area contributed by atoms with Gasteiger partial charge in [-0.15, -0.1) is 6.58 Å². The predicted octanol–water partition coefficient (Wildman–Crippen LogP) is 1.97. The minimum atomic E-state index is -1.39. The Morgan fingerprint density at radius 1 is 1.11 bits per heavy atom. The molecule has 0 spiro atoms. The number of carbonyl (C=O) groups excluding carboxylic acids is 4. The van der Waals surface area contributed by atoms with Gasteiger partial charge in [0.15, 0.2) is 6.10 Å². The van der Waals surface area contributed by atoms with Crippen molar-refractivity contribution in [3.05, 3.63) is 12.7 Å². The first-order valence-corrected chi connectivity index (χ1v) is 13.8. The molecule has 7 atom stereocenters. The minimum absolute atomic E-state index is 0.0604. The zero-order chi connectivity index (χ0) is 28.6. The second-order valence-electron chi connectivity index (χ2n) is 13.0. The molecule has 7 unspecified atom stereocenters. The van der Waals surface area contributed by atoms with Crippen molar-refractivity contribution in [3.63, 3.8) is 0 Å². The fourth-order valence-electron chi connectivity index (χ4n) is 5.56. The van der Waals surface area contributed by atoms with E-state index in [9.17, 15) is 24.3 Å². The van der Waals surface area contributed by atoms with E-state index in [0.29, 0.717) is 31.2 Å². The average Bonchev–Trinajstić information content (AvgIpc) is 3.68. The summed E-state index contributed by atoms with van der Waals surface area (Å²) in [6, 6.07) is -2.39. The van der Waals surface area contributed by atoms with Gasteiger partial charge in [0.1, 0.15) is 17.7 Å². The quantitative estimate of drug-likeness (QED) is 0.316. The smallest absolute Gasteiger partial charge is 0.408 e. The SMILES string of the molecule is C=CCNC(=O)C(O)C(NC(=O)C1C(CC)CCN1C(=O)C(NC(=O)OC(C)(C)C)C(C)(C)C)C1C2CC21. The van der Waals surface area contributed by atoms with Crippen molar-refractivity contribution in [1.29, 1.82) is 0 Å². The van der Waals surface area contributed by atoms with Gasteiger partial charge in [0, 0.05) is 13.1 Å². The third kappa shape index (κ3) is 6.87. The fourth-order valence-corrected chi connectivity index (χ4v) is 5.56. The summed E-state index contributed by atoms with van der Waals surface area (Å²) >= 11 is 0. The molecule has 1 heterocycles. The molecule has 0 aromatic rings. The lowest BCUT2D eigenvalue weighted by Crippen LogP contribution is -2.61. The summed E-state index contributed by atoms with van der Waals surface area (Å²) in [5, 5.41) is 19.1. The molecule has 2 aliphatic carbocycles. The molecule has 3 fully saturated rings. The van der Waals surface area contributed by atoms with Crippen molar-refractivity contribution in [3.8, 4) is 0 Å². The minimum Gasteiger partial charge on any atom is -0.444 e. The summed E-state index contributed by atoms with van der Waals surface area (Å²) in [6.07, 6.45) is 1.82. The Labute approximate surface area is 226 Å². The Bertz CT molecular complexity index is 931. The molecular formula is C28H46N4O6. The van der Waals surface area contributed by atoms with Gasteiger partial charge >= 0.3 is 6.09 Å². The molecule has 10 nitrogen and oxygen atoms in total. The summed E-state index contributed by atoms with van der Waals surface area (Å²) in [7, 11) is 0. The highest BCUT2D eigenvalue weighted by Crippen LogP contribution is 2.69. The van der Waals surface area contributed by atoms with Crippen LogP contribution in [0.2, 0.25) is 0 Å². The van der Waals surface area contributed by atoms with Crippen molar-refractivity contribution in [2.24, 2.45) is 29.1 Å². The summed E-state index contributed by atoms with van der Waals surface area (Å²) in [5.41, 5.74) is -1.37. The number of carbonyl (C=O) groups is 4. The number of aliphatic hydroxyl groups excluding tert-OH is 1. The normalized spacial score (nSPS) is 28.3. The maximum atomic E-state index is 13.9. The van der Waals surface area contributed by atoms with Crippen LogP contribution in [0.3, 0.4) is 0 Å². The van der Waals surface area contributed by atoms with Gasteiger partial charge in [-0.3, -0.25) is 14.4 Å². The number of nitrogens with zero attached hydrogens (tertiary/aromatic N) is 1. The van der Waals surface area contributed by atoms with Gasteiger partial charge in [0.25, 0.3) is 5.91 Å². The van der Waals surface area contributed by atoms with Crippen LogP contribution in [0.1, 0.15) is 67.7 Å². The molecule has 1 aliphatic heterocycles. The first kappa shape index (κ1) is 29.9. The lowest BCUT2D eigenvalue weighted by molar-refractivity contribution is -0.144. The number of amides is 4. The fraction of sp³-hybridized carbons (Fsp3) is 0.786. The number of aliphatic hydroxyl groups is 1. The average molecular weight is 535 g/mol. The van der Waals surface area contributed by atoms with Crippen LogP contribution in [-0.2, 0) is 19.1 Å². The molecule has 0 aromatic carbocycles. The van der Waals surface area contributed by atoms with E-state index < -0.39 is 47.2 Å².